The quantitative estimate of drug-likeness (QED) is 0.445. The number of hydrogen-bond acceptors (Lipinski definition) is 6. The van der Waals surface area contributed by atoms with Crippen LogP contribution in [0.5, 0.6) is 0 Å². The first-order valence-corrected chi connectivity index (χ1v) is 7.91. The largest absolute Gasteiger partial charge is 0.425 e. The first-order chi connectivity index (χ1) is 9.63. The molecule has 2 fully saturated rings. The van der Waals surface area contributed by atoms with Gasteiger partial charge in [0.1, 0.15) is 6.04 Å². The highest BCUT2D eigenvalue weighted by molar-refractivity contribution is 8.01. The molecule has 2 aliphatic rings. The van der Waals surface area contributed by atoms with Crippen LogP contribution >= 0.6 is 11.8 Å². The summed E-state index contributed by atoms with van der Waals surface area (Å²) in [6.45, 7) is 8.75. The molecule has 0 saturated carbocycles. The number of rotatable bonds is 4. The Bertz CT molecular complexity index is 476. The second kappa shape index (κ2) is 5.51. The lowest BCUT2D eigenvalue weighted by molar-refractivity contribution is -0.192. The maximum absolute atomic E-state index is 12.3. The fraction of sp³-hybridized carbons (Fsp3) is 0.786. The molecule has 3 atom stereocenters. The minimum Gasteiger partial charge on any atom is -0.425 e. The van der Waals surface area contributed by atoms with Gasteiger partial charge in [0.25, 0.3) is 0 Å². The van der Waals surface area contributed by atoms with Crippen LogP contribution in [0.1, 0.15) is 41.0 Å². The van der Waals surface area contributed by atoms with Crippen molar-refractivity contribution in [3.05, 3.63) is 0 Å². The zero-order valence-corrected chi connectivity index (χ0v) is 13.7. The molecule has 21 heavy (non-hydrogen) atoms. The van der Waals surface area contributed by atoms with Gasteiger partial charge in [-0.2, -0.15) is 0 Å². The van der Waals surface area contributed by atoms with Gasteiger partial charge < -0.3 is 14.4 Å². The molecule has 2 rings (SSSR count). The molecule has 2 saturated heterocycles. The van der Waals surface area contributed by atoms with Crippen molar-refractivity contribution in [2.45, 2.75) is 63.5 Å². The lowest BCUT2D eigenvalue weighted by Gasteiger charge is -2.37. The molecule has 0 aromatic rings. The van der Waals surface area contributed by atoms with E-state index in [2.05, 4.69) is 0 Å². The van der Waals surface area contributed by atoms with Crippen molar-refractivity contribution in [2.75, 3.05) is 0 Å². The number of fused-ring (bicyclic) bond motifs is 1. The van der Waals surface area contributed by atoms with Crippen molar-refractivity contribution in [2.24, 2.45) is 5.92 Å². The first-order valence-electron chi connectivity index (χ1n) is 7.03. The van der Waals surface area contributed by atoms with Crippen molar-refractivity contribution in [3.8, 4) is 0 Å². The molecule has 0 spiro atoms. The number of β-lactam (4-membered cyclic amide) rings is 1. The van der Waals surface area contributed by atoms with Gasteiger partial charge in [0.05, 0.1) is 17.7 Å². The molecule has 2 aliphatic heterocycles. The van der Waals surface area contributed by atoms with E-state index in [1.807, 2.05) is 13.8 Å². The van der Waals surface area contributed by atoms with Crippen molar-refractivity contribution in [3.63, 3.8) is 0 Å². The summed E-state index contributed by atoms with van der Waals surface area (Å²) in [5, 5.41) is 0.0542. The fourth-order valence-corrected chi connectivity index (χ4v) is 4.13. The molecule has 0 aromatic carbocycles. The maximum Gasteiger partial charge on any atom is 0.333 e. The third-order valence-corrected chi connectivity index (χ3v) is 5.08. The lowest BCUT2D eigenvalue weighted by Crippen LogP contribution is -2.57. The van der Waals surface area contributed by atoms with E-state index < -0.39 is 29.0 Å². The summed E-state index contributed by atoms with van der Waals surface area (Å²) in [7, 11) is 0. The van der Waals surface area contributed by atoms with E-state index in [-0.39, 0.29) is 17.2 Å². The van der Waals surface area contributed by atoms with Gasteiger partial charge in [-0.1, -0.05) is 13.8 Å². The number of ether oxygens (including phenoxy) is 2. The molecule has 0 aromatic heterocycles. The smallest absolute Gasteiger partial charge is 0.333 e. The summed E-state index contributed by atoms with van der Waals surface area (Å²) in [6, 6.07) is -0.631. The Labute approximate surface area is 128 Å². The summed E-state index contributed by atoms with van der Waals surface area (Å²) >= 11 is 1.60. The molecule has 1 amide bonds. The van der Waals surface area contributed by atoms with Crippen molar-refractivity contribution < 1.29 is 23.9 Å². The predicted octanol–water partition coefficient (Wildman–Crippen LogP) is 1.53. The minimum atomic E-state index is -0.955. The minimum absolute atomic E-state index is 0.0353. The van der Waals surface area contributed by atoms with Crippen LogP contribution < -0.4 is 0 Å². The number of carbonyl (C=O) groups excluding carboxylic acids is 3. The van der Waals surface area contributed by atoms with Gasteiger partial charge in [-0.15, -0.1) is 11.8 Å². The number of carbonyl (C=O) groups is 3. The third kappa shape index (κ3) is 3.02. The molecule has 0 radical (unpaired) electrons. The zero-order chi connectivity index (χ0) is 15.9. The van der Waals surface area contributed by atoms with E-state index in [9.17, 15) is 14.4 Å². The molecule has 1 unspecified atom stereocenters. The summed E-state index contributed by atoms with van der Waals surface area (Å²) in [5.41, 5.74) is 0. The Morgan fingerprint density at radius 2 is 1.90 bits per heavy atom. The standard InChI is InChI=1S/C14H21NO5S/c1-7(2)12(17)19-8(3)20-13(18)11-14(4,5)21-10-6-9(16)15(10)11/h7-8,10-11H,6H2,1-5H3/t8?,10-,11+/m1/s1. The topological polar surface area (TPSA) is 72.9 Å². The summed E-state index contributed by atoms with van der Waals surface area (Å²) in [4.78, 5) is 37.1. The molecular weight excluding hydrogens is 294 g/mol. The van der Waals surface area contributed by atoms with Gasteiger partial charge in [-0.05, 0) is 13.8 Å². The van der Waals surface area contributed by atoms with Crippen LogP contribution in [0.4, 0.5) is 0 Å². The molecule has 0 N–H and O–H groups in total. The number of hydrogen-bond donors (Lipinski definition) is 0. The predicted molar refractivity (Wildman–Crippen MR) is 77.2 cm³/mol. The molecule has 118 valence electrons. The van der Waals surface area contributed by atoms with Gasteiger partial charge in [0.2, 0.25) is 12.2 Å². The van der Waals surface area contributed by atoms with Crippen LogP contribution in [0.15, 0.2) is 0 Å². The molecule has 6 nitrogen and oxygen atoms in total. The van der Waals surface area contributed by atoms with E-state index in [1.165, 1.54) is 6.92 Å². The van der Waals surface area contributed by atoms with Crippen LogP contribution in [0.25, 0.3) is 0 Å². The van der Waals surface area contributed by atoms with E-state index in [0.29, 0.717) is 6.42 Å². The number of amides is 1. The summed E-state index contributed by atoms with van der Waals surface area (Å²) in [5.74, 6) is -1.27. The molecule has 2 heterocycles. The molecule has 0 aliphatic carbocycles. The van der Waals surface area contributed by atoms with E-state index in [1.54, 1.807) is 30.5 Å². The Morgan fingerprint density at radius 1 is 1.29 bits per heavy atom. The Kier molecular flexibility index (Phi) is 4.24. The van der Waals surface area contributed by atoms with E-state index in [4.69, 9.17) is 9.47 Å². The van der Waals surface area contributed by atoms with Gasteiger partial charge >= 0.3 is 11.9 Å². The Hall–Kier alpha value is -1.24. The van der Waals surface area contributed by atoms with Gasteiger partial charge in [0.15, 0.2) is 0 Å². The second-order valence-electron chi connectivity index (χ2n) is 6.18. The van der Waals surface area contributed by atoms with Gasteiger partial charge in [-0.25, -0.2) is 4.79 Å². The Morgan fingerprint density at radius 3 is 2.43 bits per heavy atom. The normalized spacial score (nSPS) is 27.9. The zero-order valence-electron chi connectivity index (χ0n) is 12.9. The third-order valence-electron chi connectivity index (χ3n) is 3.58. The van der Waals surface area contributed by atoms with Gasteiger partial charge in [-0.3, -0.25) is 9.59 Å². The van der Waals surface area contributed by atoms with Crippen LogP contribution in [0, 0.1) is 5.92 Å². The van der Waals surface area contributed by atoms with Crippen LogP contribution in [0.2, 0.25) is 0 Å². The SMILES string of the molecule is CC(OC(=O)C(C)C)OC(=O)[C@@H]1N2C(=O)C[C@H]2SC1(C)C. The Balaban J connectivity index is 1.99. The van der Waals surface area contributed by atoms with Crippen molar-refractivity contribution in [1.82, 2.24) is 4.90 Å². The highest BCUT2D eigenvalue weighted by Gasteiger charge is 2.59. The first kappa shape index (κ1) is 16.1. The fourth-order valence-electron chi connectivity index (χ4n) is 2.51. The van der Waals surface area contributed by atoms with Crippen LogP contribution in [-0.2, 0) is 23.9 Å². The summed E-state index contributed by atoms with van der Waals surface area (Å²) < 4.78 is 9.82. The van der Waals surface area contributed by atoms with Crippen molar-refractivity contribution >= 4 is 29.6 Å². The van der Waals surface area contributed by atoms with Crippen LogP contribution in [0.3, 0.4) is 0 Å². The highest BCUT2D eigenvalue weighted by Crippen LogP contribution is 2.50. The second-order valence-corrected chi connectivity index (χ2v) is 8.01. The van der Waals surface area contributed by atoms with Crippen molar-refractivity contribution in [1.29, 1.82) is 0 Å². The maximum atomic E-state index is 12.3. The monoisotopic (exact) mass is 315 g/mol. The number of thioether (sulfide) groups is 1. The summed E-state index contributed by atoms with van der Waals surface area (Å²) in [6.07, 6.45) is -0.487. The van der Waals surface area contributed by atoms with Gasteiger partial charge in [0, 0.05) is 11.7 Å². The van der Waals surface area contributed by atoms with E-state index >= 15 is 0 Å². The average Bonchev–Trinajstić information content (AvgIpc) is 2.55. The molecular formula is C14H21NO5S. The molecule has 0 bridgehead atoms. The number of esters is 2. The van der Waals surface area contributed by atoms with E-state index in [0.717, 1.165) is 0 Å². The average molecular weight is 315 g/mol. The lowest BCUT2D eigenvalue weighted by atomic mass is 9.98. The number of nitrogens with zero attached hydrogens (tertiary/aromatic N) is 1. The highest BCUT2D eigenvalue weighted by atomic mass is 32.2. The molecule has 7 heteroatoms. The van der Waals surface area contributed by atoms with Crippen LogP contribution in [-0.4, -0.2) is 45.2 Å².